The summed E-state index contributed by atoms with van der Waals surface area (Å²) in [6.45, 7) is 0.235. The van der Waals surface area contributed by atoms with Crippen LogP contribution in [0.15, 0.2) is 24.3 Å². The molecule has 8 heteroatoms. The molecule has 0 bridgehead atoms. The fourth-order valence-electron chi connectivity index (χ4n) is 4.68. The largest absolute Gasteiger partial charge is 0.504 e. The zero-order valence-corrected chi connectivity index (χ0v) is 15.9. The summed E-state index contributed by atoms with van der Waals surface area (Å²) in [6, 6.07) is 6.84. The van der Waals surface area contributed by atoms with Crippen molar-refractivity contribution in [2.75, 3.05) is 27.6 Å². The van der Waals surface area contributed by atoms with Crippen molar-refractivity contribution in [1.29, 1.82) is 0 Å². The third-order valence-corrected chi connectivity index (χ3v) is 5.99. The molecule has 29 heavy (non-hydrogen) atoms. The maximum Gasteiger partial charge on any atom is 0.310 e. The van der Waals surface area contributed by atoms with Crippen molar-refractivity contribution in [1.82, 2.24) is 0 Å². The number of hydrogen-bond donors (Lipinski definition) is 2. The summed E-state index contributed by atoms with van der Waals surface area (Å²) in [5.41, 5.74) is 2.04. The number of cyclic esters (lactones) is 1. The van der Waals surface area contributed by atoms with Gasteiger partial charge in [-0.25, -0.2) is 0 Å². The standard InChI is InChI=1S/C21H20O8/c1-25-16-4-9(3-13(22)20(16)26-2)17-10-5-14-15(29-8-28-14)6-11(10)19(23)12-7-27-21(24)18(12)17/h3-6,12,17-19,22-23H,7-8H2,1-2H3/t12?,17-,18?,19+/m1/s1. The third kappa shape index (κ3) is 2.52. The molecule has 2 unspecified atom stereocenters. The second kappa shape index (κ2) is 6.45. The molecule has 1 saturated heterocycles. The lowest BCUT2D eigenvalue weighted by molar-refractivity contribution is -0.141. The van der Waals surface area contributed by atoms with E-state index in [4.69, 9.17) is 23.7 Å². The van der Waals surface area contributed by atoms with Gasteiger partial charge in [-0.1, -0.05) is 0 Å². The van der Waals surface area contributed by atoms with E-state index in [1.807, 2.05) is 0 Å². The summed E-state index contributed by atoms with van der Waals surface area (Å²) in [6.07, 6.45) is -0.874. The number of aromatic hydroxyl groups is 1. The van der Waals surface area contributed by atoms with Crippen LogP contribution in [-0.2, 0) is 9.53 Å². The first-order valence-electron chi connectivity index (χ1n) is 9.26. The first kappa shape index (κ1) is 17.9. The normalized spacial score (nSPS) is 26.5. The zero-order chi connectivity index (χ0) is 20.3. The topological polar surface area (TPSA) is 104 Å². The van der Waals surface area contributed by atoms with Crippen molar-refractivity contribution in [2.24, 2.45) is 11.8 Å². The van der Waals surface area contributed by atoms with Gasteiger partial charge >= 0.3 is 5.97 Å². The van der Waals surface area contributed by atoms with Crippen LogP contribution < -0.4 is 18.9 Å². The van der Waals surface area contributed by atoms with E-state index in [2.05, 4.69) is 0 Å². The van der Waals surface area contributed by atoms with Gasteiger partial charge in [-0.3, -0.25) is 4.79 Å². The summed E-state index contributed by atoms with van der Waals surface area (Å²) in [5, 5.41) is 21.4. The molecule has 8 nitrogen and oxygen atoms in total. The smallest absolute Gasteiger partial charge is 0.310 e. The molecular formula is C21H20O8. The van der Waals surface area contributed by atoms with E-state index < -0.39 is 23.9 Å². The Bertz CT molecular complexity index is 1000. The predicted molar refractivity (Wildman–Crippen MR) is 98.5 cm³/mol. The lowest BCUT2D eigenvalue weighted by Crippen LogP contribution is -2.34. The summed E-state index contributed by atoms with van der Waals surface area (Å²) < 4.78 is 26.9. The average molecular weight is 400 g/mol. The van der Waals surface area contributed by atoms with Crippen LogP contribution in [0.1, 0.15) is 28.7 Å². The molecule has 2 aromatic rings. The number of esters is 1. The molecule has 2 N–H and O–H groups in total. The number of benzene rings is 2. The minimum atomic E-state index is -0.874. The molecule has 0 spiro atoms. The number of aliphatic hydroxyl groups excluding tert-OH is 1. The highest BCUT2D eigenvalue weighted by molar-refractivity contribution is 5.79. The molecular weight excluding hydrogens is 380 g/mol. The number of hydrogen-bond acceptors (Lipinski definition) is 8. The summed E-state index contributed by atoms with van der Waals surface area (Å²) in [4.78, 5) is 12.6. The number of carbonyl (C=O) groups is 1. The average Bonchev–Trinajstić information content (AvgIpc) is 3.33. The predicted octanol–water partition coefficient (Wildman–Crippen LogP) is 2.11. The quantitative estimate of drug-likeness (QED) is 0.755. The van der Waals surface area contributed by atoms with Gasteiger partial charge in [0.2, 0.25) is 12.5 Å². The first-order chi connectivity index (χ1) is 14.0. The van der Waals surface area contributed by atoms with Crippen molar-refractivity contribution in [2.45, 2.75) is 12.0 Å². The molecule has 2 aromatic carbocycles. The van der Waals surface area contributed by atoms with E-state index in [0.29, 0.717) is 28.4 Å². The molecule has 5 rings (SSSR count). The SMILES string of the molecule is COc1cc([C@@H]2c3cc4c(cc3[C@H](O)C3COC(=O)C32)OCO4)cc(O)c1OC. The van der Waals surface area contributed by atoms with Crippen molar-refractivity contribution in [3.63, 3.8) is 0 Å². The van der Waals surface area contributed by atoms with E-state index in [9.17, 15) is 15.0 Å². The number of phenols is 1. The van der Waals surface area contributed by atoms with Crippen molar-refractivity contribution in [3.05, 3.63) is 41.0 Å². The van der Waals surface area contributed by atoms with Gasteiger partial charge in [0.25, 0.3) is 0 Å². The molecule has 1 aliphatic carbocycles. The van der Waals surface area contributed by atoms with Crippen LogP contribution in [0.3, 0.4) is 0 Å². The van der Waals surface area contributed by atoms with Crippen LogP contribution in [-0.4, -0.2) is 43.8 Å². The number of rotatable bonds is 3. The number of aliphatic hydroxyl groups is 1. The molecule has 152 valence electrons. The van der Waals surface area contributed by atoms with Crippen LogP contribution >= 0.6 is 0 Å². The summed E-state index contributed by atoms with van der Waals surface area (Å²) in [5.74, 6) is -0.285. The fourth-order valence-corrected chi connectivity index (χ4v) is 4.68. The van der Waals surface area contributed by atoms with Gasteiger partial charge < -0.3 is 33.9 Å². The molecule has 2 aliphatic heterocycles. The van der Waals surface area contributed by atoms with Crippen LogP contribution in [0.5, 0.6) is 28.7 Å². The molecule has 2 heterocycles. The zero-order valence-electron chi connectivity index (χ0n) is 15.9. The number of fused-ring (bicyclic) bond motifs is 3. The maximum absolute atomic E-state index is 12.6. The van der Waals surface area contributed by atoms with Crippen molar-refractivity contribution >= 4 is 5.97 Å². The monoisotopic (exact) mass is 400 g/mol. The molecule has 0 radical (unpaired) electrons. The Morgan fingerprint density at radius 2 is 1.72 bits per heavy atom. The Kier molecular flexibility index (Phi) is 3.99. The highest BCUT2D eigenvalue weighted by Crippen LogP contribution is 2.55. The number of ether oxygens (including phenoxy) is 5. The summed E-state index contributed by atoms with van der Waals surface area (Å²) in [7, 11) is 2.92. The molecule has 0 aromatic heterocycles. The Hall–Kier alpha value is -3.13. The second-order valence-electron chi connectivity index (χ2n) is 7.35. The lowest BCUT2D eigenvalue weighted by Gasteiger charge is -2.36. The molecule has 0 amide bonds. The number of phenolic OH excluding ortho intramolecular Hbond substituents is 1. The number of methoxy groups -OCH3 is 2. The highest BCUT2D eigenvalue weighted by Gasteiger charge is 2.52. The van der Waals surface area contributed by atoms with Crippen LogP contribution in [0, 0.1) is 11.8 Å². The minimum Gasteiger partial charge on any atom is -0.504 e. The van der Waals surface area contributed by atoms with Gasteiger partial charge in [0.15, 0.2) is 23.0 Å². The van der Waals surface area contributed by atoms with Crippen LogP contribution in [0.2, 0.25) is 0 Å². The van der Waals surface area contributed by atoms with Crippen LogP contribution in [0.25, 0.3) is 0 Å². The van der Waals surface area contributed by atoms with E-state index >= 15 is 0 Å². The summed E-state index contributed by atoms with van der Waals surface area (Å²) >= 11 is 0. The number of carbonyl (C=O) groups excluding carboxylic acids is 1. The molecule has 0 saturated carbocycles. The fraction of sp³-hybridized carbons (Fsp3) is 0.381. The lowest BCUT2D eigenvalue weighted by atomic mass is 9.66. The van der Waals surface area contributed by atoms with Gasteiger partial charge in [-0.15, -0.1) is 0 Å². The van der Waals surface area contributed by atoms with Gasteiger partial charge in [0, 0.05) is 11.8 Å². The second-order valence-corrected chi connectivity index (χ2v) is 7.35. The molecule has 1 fully saturated rings. The van der Waals surface area contributed by atoms with E-state index in [-0.39, 0.29) is 30.9 Å². The van der Waals surface area contributed by atoms with Crippen LogP contribution in [0.4, 0.5) is 0 Å². The Morgan fingerprint density at radius 1 is 1.00 bits per heavy atom. The molecule has 4 atom stereocenters. The van der Waals surface area contributed by atoms with Gasteiger partial charge in [-0.05, 0) is 41.0 Å². The van der Waals surface area contributed by atoms with Gasteiger partial charge in [0.05, 0.1) is 32.8 Å². The van der Waals surface area contributed by atoms with Gasteiger partial charge in [0.1, 0.15) is 0 Å². The molecule has 3 aliphatic rings. The van der Waals surface area contributed by atoms with Crippen molar-refractivity contribution in [3.8, 4) is 28.7 Å². The Labute approximate surface area is 166 Å². The van der Waals surface area contributed by atoms with Crippen molar-refractivity contribution < 1.29 is 38.7 Å². The minimum absolute atomic E-state index is 0.0989. The van der Waals surface area contributed by atoms with E-state index in [0.717, 1.165) is 5.56 Å². The third-order valence-electron chi connectivity index (χ3n) is 5.99. The highest BCUT2D eigenvalue weighted by atomic mass is 16.7. The van der Waals surface area contributed by atoms with E-state index in [1.54, 1.807) is 24.3 Å². The van der Waals surface area contributed by atoms with E-state index in [1.165, 1.54) is 14.2 Å². The first-order valence-corrected chi connectivity index (χ1v) is 9.26. The Balaban J connectivity index is 1.74. The van der Waals surface area contributed by atoms with Gasteiger partial charge in [-0.2, -0.15) is 0 Å². The Morgan fingerprint density at radius 3 is 2.41 bits per heavy atom. The maximum atomic E-state index is 12.6.